The molecule has 0 unspecified atom stereocenters. The normalized spacial score (nSPS) is 17.6. The molecule has 1 aromatic carbocycles. The van der Waals surface area contributed by atoms with Gasteiger partial charge < -0.3 is 19.7 Å². The number of rotatable bonds is 4. The van der Waals surface area contributed by atoms with E-state index in [-0.39, 0.29) is 12.5 Å². The predicted octanol–water partition coefficient (Wildman–Crippen LogP) is 0.504. The van der Waals surface area contributed by atoms with Crippen molar-refractivity contribution in [1.29, 1.82) is 0 Å². The highest BCUT2D eigenvalue weighted by atomic mass is 16.6. The Morgan fingerprint density at radius 1 is 1.39 bits per heavy atom. The Labute approximate surface area is 107 Å². The molecule has 1 atom stereocenters. The predicted molar refractivity (Wildman–Crippen MR) is 67.9 cm³/mol. The lowest BCUT2D eigenvalue weighted by Gasteiger charge is -2.25. The van der Waals surface area contributed by atoms with E-state index in [0.29, 0.717) is 18.0 Å². The molecule has 1 aliphatic rings. The smallest absolute Gasteiger partial charge is 0.264 e. The van der Waals surface area contributed by atoms with E-state index in [9.17, 15) is 4.79 Å². The average molecular weight is 250 g/mol. The molecule has 1 heterocycles. The monoisotopic (exact) mass is 250 g/mol. The van der Waals surface area contributed by atoms with Crippen LogP contribution in [0.15, 0.2) is 24.3 Å². The first-order valence-corrected chi connectivity index (χ1v) is 5.98. The summed E-state index contributed by atoms with van der Waals surface area (Å²) in [7, 11) is 3.92. The van der Waals surface area contributed by atoms with Crippen molar-refractivity contribution in [3.8, 4) is 11.5 Å². The number of nitrogens with one attached hydrogen (secondary N) is 1. The van der Waals surface area contributed by atoms with Crippen LogP contribution in [0.2, 0.25) is 0 Å². The molecule has 18 heavy (non-hydrogen) atoms. The lowest BCUT2D eigenvalue weighted by molar-refractivity contribution is -0.130. The van der Waals surface area contributed by atoms with Gasteiger partial charge in [-0.3, -0.25) is 4.79 Å². The van der Waals surface area contributed by atoms with Gasteiger partial charge in [0.15, 0.2) is 11.5 Å². The van der Waals surface area contributed by atoms with Crippen molar-refractivity contribution in [2.45, 2.75) is 6.10 Å². The molecule has 1 aromatic rings. The van der Waals surface area contributed by atoms with Crippen LogP contribution in [-0.2, 0) is 4.79 Å². The van der Waals surface area contributed by atoms with Gasteiger partial charge in [-0.25, -0.2) is 0 Å². The molecule has 0 bridgehead atoms. The Kier molecular flexibility index (Phi) is 4.04. The zero-order chi connectivity index (χ0) is 13.0. The molecule has 0 spiro atoms. The highest BCUT2D eigenvalue weighted by Gasteiger charge is 2.26. The number of likely N-dealkylation sites (N-methyl/N-ethyl adjacent to an activating group) is 1. The fourth-order valence-corrected chi connectivity index (χ4v) is 1.67. The van der Waals surface area contributed by atoms with Crippen molar-refractivity contribution in [2.24, 2.45) is 0 Å². The highest BCUT2D eigenvalue weighted by Crippen LogP contribution is 2.30. The zero-order valence-corrected chi connectivity index (χ0v) is 10.7. The van der Waals surface area contributed by atoms with Crippen LogP contribution in [0.1, 0.15) is 0 Å². The Morgan fingerprint density at radius 3 is 2.83 bits per heavy atom. The van der Waals surface area contributed by atoms with E-state index in [1.165, 1.54) is 0 Å². The van der Waals surface area contributed by atoms with Crippen LogP contribution in [0, 0.1) is 0 Å². The second-order valence-electron chi connectivity index (χ2n) is 4.46. The quantitative estimate of drug-likeness (QED) is 0.845. The molecule has 1 N–H and O–H groups in total. The van der Waals surface area contributed by atoms with E-state index in [4.69, 9.17) is 9.47 Å². The van der Waals surface area contributed by atoms with Crippen molar-refractivity contribution in [1.82, 2.24) is 10.2 Å². The van der Waals surface area contributed by atoms with Crippen LogP contribution < -0.4 is 14.8 Å². The number of ether oxygens (including phenoxy) is 2. The second-order valence-corrected chi connectivity index (χ2v) is 4.46. The number of amides is 1. The average Bonchev–Trinajstić information content (AvgIpc) is 2.37. The minimum Gasteiger partial charge on any atom is -0.485 e. The van der Waals surface area contributed by atoms with Crippen molar-refractivity contribution in [2.75, 3.05) is 33.8 Å². The van der Waals surface area contributed by atoms with Gasteiger partial charge in [-0.1, -0.05) is 12.1 Å². The lowest BCUT2D eigenvalue weighted by Crippen LogP contribution is -2.45. The minimum atomic E-state index is -0.568. The summed E-state index contributed by atoms with van der Waals surface area (Å²) < 4.78 is 11.1. The Balaban J connectivity index is 1.87. The van der Waals surface area contributed by atoms with E-state index in [0.717, 1.165) is 6.54 Å². The molecule has 0 radical (unpaired) electrons. The molecule has 0 saturated carbocycles. The van der Waals surface area contributed by atoms with E-state index in [1.807, 2.05) is 37.2 Å². The molecule has 0 fully saturated rings. The first-order chi connectivity index (χ1) is 8.66. The maximum Gasteiger partial charge on any atom is 0.264 e. The van der Waals surface area contributed by atoms with E-state index >= 15 is 0 Å². The van der Waals surface area contributed by atoms with Gasteiger partial charge in [0.05, 0.1) is 0 Å². The summed E-state index contributed by atoms with van der Waals surface area (Å²) in [6.45, 7) is 1.66. The van der Waals surface area contributed by atoms with E-state index in [2.05, 4.69) is 5.32 Å². The van der Waals surface area contributed by atoms with E-state index < -0.39 is 6.10 Å². The maximum atomic E-state index is 11.9. The SMILES string of the molecule is CN(C)CCNC(=O)[C@@H]1COc2ccccc2O1. The molecule has 5 nitrogen and oxygen atoms in total. The van der Waals surface area contributed by atoms with Crippen molar-refractivity contribution in [3.63, 3.8) is 0 Å². The van der Waals surface area contributed by atoms with Gasteiger partial charge in [-0.2, -0.15) is 0 Å². The molecule has 2 rings (SSSR count). The fourth-order valence-electron chi connectivity index (χ4n) is 1.67. The maximum absolute atomic E-state index is 11.9. The standard InChI is InChI=1S/C13H18N2O3/c1-15(2)8-7-14-13(16)12-9-17-10-5-3-4-6-11(10)18-12/h3-6,12H,7-9H2,1-2H3,(H,14,16)/t12-/m0/s1. The summed E-state index contributed by atoms with van der Waals surface area (Å²) in [6, 6.07) is 7.36. The minimum absolute atomic E-state index is 0.133. The third-order valence-electron chi connectivity index (χ3n) is 2.66. The number of para-hydroxylation sites is 2. The topological polar surface area (TPSA) is 50.8 Å². The number of fused-ring (bicyclic) bond motifs is 1. The van der Waals surface area contributed by atoms with Gasteiger partial charge in [-0.15, -0.1) is 0 Å². The molecule has 1 amide bonds. The first kappa shape index (κ1) is 12.7. The largest absolute Gasteiger partial charge is 0.485 e. The third-order valence-corrected chi connectivity index (χ3v) is 2.66. The molecule has 5 heteroatoms. The number of hydrogen-bond donors (Lipinski definition) is 1. The highest BCUT2D eigenvalue weighted by molar-refractivity contribution is 5.81. The summed E-state index contributed by atoms with van der Waals surface area (Å²) >= 11 is 0. The number of hydrogen-bond acceptors (Lipinski definition) is 4. The third kappa shape index (κ3) is 3.13. The molecule has 0 aromatic heterocycles. The molecular weight excluding hydrogens is 232 g/mol. The summed E-state index contributed by atoms with van der Waals surface area (Å²) in [5.41, 5.74) is 0. The molecule has 0 saturated heterocycles. The van der Waals surface area contributed by atoms with Crippen LogP contribution >= 0.6 is 0 Å². The van der Waals surface area contributed by atoms with Crippen LogP contribution in [0.4, 0.5) is 0 Å². The van der Waals surface area contributed by atoms with Gasteiger partial charge in [0.25, 0.3) is 5.91 Å². The summed E-state index contributed by atoms with van der Waals surface area (Å²) in [5.74, 6) is 1.18. The number of benzene rings is 1. The summed E-state index contributed by atoms with van der Waals surface area (Å²) in [5, 5.41) is 2.83. The van der Waals surface area contributed by atoms with Gasteiger partial charge in [0.1, 0.15) is 6.61 Å². The van der Waals surface area contributed by atoms with Gasteiger partial charge in [0.2, 0.25) is 6.10 Å². The van der Waals surface area contributed by atoms with Crippen LogP contribution in [0.3, 0.4) is 0 Å². The van der Waals surface area contributed by atoms with Crippen LogP contribution in [-0.4, -0.2) is 50.7 Å². The summed E-state index contributed by atoms with van der Waals surface area (Å²) in [6.07, 6.45) is -0.568. The zero-order valence-electron chi connectivity index (χ0n) is 10.7. The fraction of sp³-hybridized carbons (Fsp3) is 0.462. The molecule has 0 aliphatic carbocycles. The molecule has 1 aliphatic heterocycles. The number of carbonyl (C=O) groups excluding carboxylic acids is 1. The van der Waals surface area contributed by atoms with Crippen LogP contribution in [0.25, 0.3) is 0 Å². The van der Waals surface area contributed by atoms with Crippen LogP contribution in [0.5, 0.6) is 11.5 Å². The molecular formula is C13H18N2O3. The van der Waals surface area contributed by atoms with Crippen molar-refractivity contribution in [3.05, 3.63) is 24.3 Å². The Hall–Kier alpha value is -1.75. The molecule has 98 valence electrons. The lowest BCUT2D eigenvalue weighted by atomic mass is 10.2. The van der Waals surface area contributed by atoms with Gasteiger partial charge >= 0.3 is 0 Å². The van der Waals surface area contributed by atoms with E-state index in [1.54, 1.807) is 6.07 Å². The Bertz CT molecular complexity index is 420. The number of carbonyl (C=O) groups is 1. The Morgan fingerprint density at radius 2 is 2.11 bits per heavy atom. The van der Waals surface area contributed by atoms with Gasteiger partial charge in [0, 0.05) is 13.1 Å². The summed E-state index contributed by atoms with van der Waals surface area (Å²) in [4.78, 5) is 13.9. The first-order valence-electron chi connectivity index (χ1n) is 5.98. The van der Waals surface area contributed by atoms with Crippen molar-refractivity contribution < 1.29 is 14.3 Å². The second kappa shape index (κ2) is 5.73. The number of nitrogens with zero attached hydrogens (tertiary/aromatic N) is 1. The van der Waals surface area contributed by atoms with Gasteiger partial charge in [-0.05, 0) is 26.2 Å². The van der Waals surface area contributed by atoms with Crippen molar-refractivity contribution >= 4 is 5.91 Å².